The van der Waals surface area contributed by atoms with Gasteiger partial charge in [0.15, 0.2) is 0 Å². The Morgan fingerprint density at radius 3 is 2.18 bits per heavy atom. The summed E-state index contributed by atoms with van der Waals surface area (Å²) >= 11 is 0. The average molecular weight is 379 g/mol. The number of allylic oxidation sites excluding steroid dienone is 1. The molecule has 0 amide bonds. The van der Waals surface area contributed by atoms with Crippen LogP contribution in [0.4, 0.5) is 0 Å². The minimum Gasteiger partial charge on any atom is -0.396 e. The smallest absolute Gasteiger partial charge is 0.0471 e. The van der Waals surface area contributed by atoms with Crippen molar-refractivity contribution in [1.29, 1.82) is 0 Å². The van der Waals surface area contributed by atoms with Gasteiger partial charge in [-0.2, -0.15) is 0 Å². The van der Waals surface area contributed by atoms with E-state index in [2.05, 4.69) is 70.2 Å². The van der Waals surface area contributed by atoms with Crippen molar-refractivity contribution < 1.29 is 5.11 Å². The van der Waals surface area contributed by atoms with Gasteiger partial charge in [-0.25, -0.2) is 0 Å². The molecule has 1 heteroatoms. The maximum Gasteiger partial charge on any atom is 0.0471 e. The standard InChI is InChI=1S/C27H38O/c1-5-8-13-23-14-9-10-15-25(23)27(24(11-6-2)12-7-3)26-20-22(18-19-28)17-16-21(26)4/h9-10,14-17,20,28H,5-8,11-13,18-19H2,1-4H3. The van der Waals surface area contributed by atoms with E-state index in [1.165, 1.54) is 59.1 Å². The SMILES string of the molecule is CCCCc1ccccc1C(=C(CCC)CCC)c1cc(CCO)ccc1C. The summed E-state index contributed by atoms with van der Waals surface area (Å²) < 4.78 is 0. The second-order valence-corrected chi connectivity index (χ2v) is 7.86. The number of hydrogen-bond donors (Lipinski definition) is 1. The first-order valence-corrected chi connectivity index (χ1v) is 11.2. The molecule has 0 spiro atoms. The van der Waals surface area contributed by atoms with Crippen LogP contribution in [0.5, 0.6) is 0 Å². The van der Waals surface area contributed by atoms with Gasteiger partial charge in [0.25, 0.3) is 0 Å². The molecule has 0 aromatic heterocycles. The van der Waals surface area contributed by atoms with E-state index in [1.807, 2.05) is 0 Å². The number of benzene rings is 2. The molecule has 2 aromatic rings. The molecule has 1 nitrogen and oxygen atoms in total. The van der Waals surface area contributed by atoms with Crippen LogP contribution in [0, 0.1) is 6.92 Å². The van der Waals surface area contributed by atoms with Gasteiger partial charge < -0.3 is 5.11 Å². The second-order valence-electron chi connectivity index (χ2n) is 7.86. The molecule has 0 atom stereocenters. The normalized spacial score (nSPS) is 10.9. The van der Waals surface area contributed by atoms with Crippen LogP contribution in [-0.2, 0) is 12.8 Å². The van der Waals surface area contributed by atoms with Crippen LogP contribution in [0.2, 0.25) is 0 Å². The maximum absolute atomic E-state index is 9.44. The Kier molecular flexibility index (Phi) is 9.50. The van der Waals surface area contributed by atoms with E-state index in [4.69, 9.17) is 0 Å². The molecule has 0 heterocycles. The van der Waals surface area contributed by atoms with E-state index in [1.54, 1.807) is 5.57 Å². The van der Waals surface area contributed by atoms with Gasteiger partial charge in [-0.3, -0.25) is 0 Å². The highest BCUT2D eigenvalue weighted by molar-refractivity contribution is 5.85. The van der Waals surface area contributed by atoms with Crippen LogP contribution >= 0.6 is 0 Å². The van der Waals surface area contributed by atoms with Crippen LogP contribution in [0.3, 0.4) is 0 Å². The Morgan fingerprint density at radius 1 is 0.821 bits per heavy atom. The summed E-state index contributed by atoms with van der Waals surface area (Å²) in [6.45, 7) is 9.26. The fourth-order valence-electron chi connectivity index (χ4n) is 4.08. The lowest BCUT2D eigenvalue weighted by molar-refractivity contribution is 0.299. The molecule has 0 saturated carbocycles. The summed E-state index contributed by atoms with van der Waals surface area (Å²) in [5, 5.41) is 9.44. The van der Waals surface area contributed by atoms with Crippen LogP contribution in [-0.4, -0.2) is 11.7 Å². The quantitative estimate of drug-likeness (QED) is 0.436. The van der Waals surface area contributed by atoms with Crippen molar-refractivity contribution in [2.45, 2.75) is 79.1 Å². The molecule has 1 N–H and O–H groups in total. The van der Waals surface area contributed by atoms with Crippen molar-refractivity contribution >= 4 is 5.57 Å². The Balaban J connectivity index is 2.73. The third-order valence-electron chi connectivity index (χ3n) is 5.52. The van der Waals surface area contributed by atoms with Gasteiger partial charge in [0.2, 0.25) is 0 Å². The zero-order valence-corrected chi connectivity index (χ0v) is 18.4. The van der Waals surface area contributed by atoms with Gasteiger partial charge >= 0.3 is 0 Å². The number of aliphatic hydroxyl groups is 1. The van der Waals surface area contributed by atoms with Crippen LogP contribution in [0.15, 0.2) is 48.0 Å². The predicted molar refractivity (Wildman–Crippen MR) is 123 cm³/mol. The van der Waals surface area contributed by atoms with Crippen LogP contribution in [0.1, 0.15) is 87.1 Å². The van der Waals surface area contributed by atoms with Crippen molar-refractivity contribution in [3.8, 4) is 0 Å². The third-order valence-corrected chi connectivity index (χ3v) is 5.52. The molecule has 0 fully saturated rings. The lowest BCUT2D eigenvalue weighted by Gasteiger charge is -2.21. The summed E-state index contributed by atoms with van der Waals surface area (Å²) in [6.07, 6.45) is 8.94. The van der Waals surface area contributed by atoms with Gasteiger partial charge in [-0.05, 0) is 72.4 Å². The van der Waals surface area contributed by atoms with Crippen molar-refractivity contribution in [1.82, 2.24) is 0 Å². The molecular formula is C27H38O. The van der Waals surface area contributed by atoms with Crippen molar-refractivity contribution in [3.63, 3.8) is 0 Å². The van der Waals surface area contributed by atoms with Crippen molar-refractivity contribution in [2.24, 2.45) is 0 Å². The Bertz CT molecular complexity index is 762. The molecule has 0 aliphatic heterocycles. The molecule has 0 radical (unpaired) electrons. The van der Waals surface area contributed by atoms with Crippen molar-refractivity contribution in [3.05, 3.63) is 75.9 Å². The minimum atomic E-state index is 0.200. The third kappa shape index (κ3) is 5.82. The van der Waals surface area contributed by atoms with E-state index in [-0.39, 0.29) is 6.61 Å². The maximum atomic E-state index is 9.44. The summed E-state index contributed by atoms with van der Waals surface area (Å²) in [5.41, 5.74) is 9.82. The monoisotopic (exact) mass is 378 g/mol. The summed E-state index contributed by atoms with van der Waals surface area (Å²) in [7, 11) is 0. The topological polar surface area (TPSA) is 20.2 Å². The largest absolute Gasteiger partial charge is 0.396 e. The van der Waals surface area contributed by atoms with E-state index >= 15 is 0 Å². The molecule has 0 bridgehead atoms. The Morgan fingerprint density at radius 2 is 1.54 bits per heavy atom. The molecule has 152 valence electrons. The van der Waals surface area contributed by atoms with Gasteiger partial charge in [0.05, 0.1) is 0 Å². The number of aliphatic hydroxyl groups excluding tert-OH is 1. The van der Waals surface area contributed by atoms with Gasteiger partial charge in [0, 0.05) is 6.61 Å². The number of rotatable bonds is 11. The molecule has 2 rings (SSSR count). The first kappa shape index (κ1) is 22.4. The first-order valence-electron chi connectivity index (χ1n) is 11.2. The summed E-state index contributed by atoms with van der Waals surface area (Å²) in [5.74, 6) is 0. The van der Waals surface area contributed by atoms with E-state index in [0.717, 1.165) is 25.7 Å². The zero-order valence-electron chi connectivity index (χ0n) is 18.4. The average Bonchev–Trinajstić information content (AvgIpc) is 2.70. The molecule has 2 aromatic carbocycles. The lowest BCUT2D eigenvalue weighted by atomic mass is 9.83. The van der Waals surface area contributed by atoms with E-state index < -0.39 is 0 Å². The van der Waals surface area contributed by atoms with Crippen molar-refractivity contribution in [2.75, 3.05) is 6.61 Å². The molecule has 0 aliphatic rings. The predicted octanol–water partition coefficient (Wildman–Crippen LogP) is 7.27. The highest BCUT2D eigenvalue weighted by Crippen LogP contribution is 2.36. The zero-order chi connectivity index (χ0) is 20.4. The number of hydrogen-bond acceptors (Lipinski definition) is 1. The highest BCUT2D eigenvalue weighted by atomic mass is 16.2. The van der Waals surface area contributed by atoms with Gasteiger partial charge in [0.1, 0.15) is 0 Å². The minimum absolute atomic E-state index is 0.200. The summed E-state index contributed by atoms with van der Waals surface area (Å²) in [6, 6.07) is 15.7. The first-order chi connectivity index (χ1) is 13.7. The number of aryl methyl sites for hydroxylation is 2. The van der Waals surface area contributed by atoms with Gasteiger partial charge in [-0.1, -0.05) is 88.1 Å². The van der Waals surface area contributed by atoms with E-state index in [0.29, 0.717) is 0 Å². The second kappa shape index (κ2) is 11.9. The molecule has 0 unspecified atom stereocenters. The summed E-state index contributed by atoms with van der Waals surface area (Å²) in [4.78, 5) is 0. The van der Waals surface area contributed by atoms with Crippen LogP contribution < -0.4 is 0 Å². The number of unbranched alkanes of at least 4 members (excludes halogenated alkanes) is 1. The Labute approximate surface area is 172 Å². The molecular weight excluding hydrogens is 340 g/mol. The lowest BCUT2D eigenvalue weighted by Crippen LogP contribution is -2.03. The highest BCUT2D eigenvalue weighted by Gasteiger charge is 2.17. The molecule has 0 saturated heterocycles. The van der Waals surface area contributed by atoms with Gasteiger partial charge in [-0.15, -0.1) is 0 Å². The molecule has 28 heavy (non-hydrogen) atoms. The molecule has 0 aliphatic carbocycles. The van der Waals surface area contributed by atoms with E-state index in [9.17, 15) is 5.11 Å². The Hall–Kier alpha value is -1.86. The fraction of sp³-hybridized carbons (Fsp3) is 0.481. The van der Waals surface area contributed by atoms with Crippen LogP contribution in [0.25, 0.3) is 5.57 Å². The fourth-order valence-corrected chi connectivity index (χ4v) is 4.08.